The van der Waals surface area contributed by atoms with Gasteiger partial charge in [-0.1, -0.05) is 29.9 Å². The fraction of sp³-hybridized carbons (Fsp3) is 0.636. The number of allylic oxidation sites excluding steroid dienone is 3. The molecule has 28 heavy (non-hydrogen) atoms. The first-order valence-electron chi connectivity index (χ1n) is 9.92. The number of ether oxygens (including phenoxy) is 3. The summed E-state index contributed by atoms with van der Waals surface area (Å²) < 4.78 is 17.3. The zero-order valence-electron chi connectivity index (χ0n) is 17.0. The second-order valence-electron chi connectivity index (χ2n) is 8.35. The molecule has 2 fully saturated rings. The molecule has 6 heteroatoms. The summed E-state index contributed by atoms with van der Waals surface area (Å²) in [5.74, 6) is -3.10. The molecule has 4 bridgehead atoms. The molecule has 3 aliphatic heterocycles. The van der Waals surface area contributed by atoms with Crippen LogP contribution in [0.5, 0.6) is 0 Å². The minimum atomic E-state index is -1.59. The summed E-state index contributed by atoms with van der Waals surface area (Å²) in [6.45, 7) is 9.14. The average molecular weight is 390 g/mol. The SMILES string of the molecule is C=C1C(=O)O[C@H]2C[C@H]1[C@]1(O)C/C(C)=C/CC/C(C)=C/CC[C@@]2(COC(C)=O)O1. The Morgan fingerprint density at radius 3 is 2.75 bits per heavy atom. The first kappa shape index (κ1) is 20.8. The standard InChI is InChI=1S/C22H30O6/c1-14-7-5-8-15(2)12-22(25)18-11-19(27-20(24)16(18)3)21(28-22,10-6-9-14)13-26-17(4)23/h8-9,18-19,25H,3,5-7,10-13H2,1-2,4H3/b14-9+,15-8+/t18-,19+,21+,22+/m1/s1. The molecule has 0 amide bonds. The third-order valence-corrected chi connectivity index (χ3v) is 6.04. The highest BCUT2D eigenvalue weighted by atomic mass is 16.7. The second kappa shape index (κ2) is 7.84. The normalized spacial score (nSPS) is 40.0. The van der Waals surface area contributed by atoms with Crippen molar-refractivity contribution in [3.8, 4) is 0 Å². The van der Waals surface area contributed by atoms with Gasteiger partial charge < -0.3 is 19.3 Å². The van der Waals surface area contributed by atoms with Gasteiger partial charge in [0.25, 0.3) is 0 Å². The van der Waals surface area contributed by atoms with Crippen LogP contribution in [0.3, 0.4) is 0 Å². The molecule has 3 heterocycles. The molecule has 0 unspecified atom stereocenters. The van der Waals surface area contributed by atoms with Gasteiger partial charge in [0.05, 0.1) is 0 Å². The predicted molar refractivity (Wildman–Crippen MR) is 103 cm³/mol. The molecule has 2 saturated heterocycles. The maximum Gasteiger partial charge on any atom is 0.334 e. The lowest BCUT2D eigenvalue weighted by molar-refractivity contribution is -0.351. The maximum absolute atomic E-state index is 12.4. The molecule has 6 nitrogen and oxygen atoms in total. The third kappa shape index (κ3) is 4.08. The van der Waals surface area contributed by atoms with E-state index >= 15 is 0 Å². The van der Waals surface area contributed by atoms with Crippen LogP contribution in [0.4, 0.5) is 0 Å². The van der Waals surface area contributed by atoms with Crippen molar-refractivity contribution in [2.75, 3.05) is 6.61 Å². The van der Waals surface area contributed by atoms with E-state index in [9.17, 15) is 14.7 Å². The Labute approximate surface area is 166 Å². The van der Waals surface area contributed by atoms with E-state index in [-0.39, 0.29) is 18.6 Å². The first-order valence-corrected chi connectivity index (χ1v) is 9.92. The quantitative estimate of drug-likeness (QED) is 0.442. The monoisotopic (exact) mass is 390 g/mol. The Morgan fingerprint density at radius 2 is 2.04 bits per heavy atom. The molecule has 0 aromatic carbocycles. The van der Waals surface area contributed by atoms with E-state index in [0.717, 1.165) is 18.4 Å². The Morgan fingerprint density at radius 1 is 1.32 bits per heavy atom. The lowest BCUT2D eigenvalue weighted by Crippen LogP contribution is -2.66. The van der Waals surface area contributed by atoms with Crippen molar-refractivity contribution in [2.24, 2.45) is 5.92 Å². The van der Waals surface area contributed by atoms with Crippen LogP contribution < -0.4 is 0 Å². The number of carbonyl (C=O) groups excluding carboxylic acids is 2. The van der Waals surface area contributed by atoms with E-state index < -0.39 is 35.3 Å². The molecule has 0 radical (unpaired) electrons. The summed E-state index contributed by atoms with van der Waals surface area (Å²) in [6.07, 6.45) is 7.28. The van der Waals surface area contributed by atoms with Gasteiger partial charge in [-0.25, -0.2) is 4.79 Å². The fourth-order valence-electron chi connectivity index (χ4n) is 4.49. The first-order chi connectivity index (χ1) is 13.2. The number of esters is 2. The van der Waals surface area contributed by atoms with Gasteiger partial charge in [0.1, 0.15) is 18.3 Å². The minimum Gasteiger partial charge on any atom is -0.463 e. The molecule has 0 aromatic heterocycles. The zero-order chi connectivity index (χ0) is 20.5. The molecular formula is C22H30O6. The molecule has 0 spiro atoms. The van der Waals surface area contributed by atoms with E-state index in [2.05, 4.69) is 25.7 Å². The second-order valence-corrected chi connectivity index (χ2v) is 8.35. The van der Waals surface area contributed by atoms with Crippen molar-refractivity contribution < 1.29 is 28.9 Å². The van der Waals surface area contributed by atoms with Crippen molar-refractivity contribution in [1.82, 2.24) is 0 Å². The van der Waals surface area contributed by atoms with Crippen molar-refractivity contribution in [3.63, 3.8) is 0 Å². The zero-order valence-corrected chi connectivity index (χ0v) is 17.0. The predicted octanol–water partition coefficient (Wildman–Crippen LogP) is 3.35. The van der Waals surface area contributed by atoms with Gasteiger partial charge in [-0.15, -0.1) is 0 Å². The number of aliphatic hydroxyl groups is 1. The van der Waals surface area contributed by atoms with E-state index in [1.54, 1.807) is 0 Å². The van der Waals surface area contributed by atoms with Crippen LogP contribution in [0.2, 0.25) is 0 Å². The lowest BCUT2D eigenvalue weighted by Gasteiger charge is -2.55. The Hall–Kier alpha value is -1.92. The van der Waals surface area contributed by atoms with E-state index in [1.807, 2.05) is 6.92 Å². The van der Waals surface area contributed by atoms with Crippen LogP contribution in [-0.4, -0.2) is 41.1 Å². The summed E-state index contributed by atoms with van der Waals surface area (Å²) in [4.78, 5) is 24.0. The fourth-order valence-corrected chi connectivity index (χ4v) is 4.49. The molecule has 0 aliphatic carbocycles. The van der Waals surface area contributed by atoms with Crippen LogP contribution in [0.1, 0.15) is 59.3 Å². The highest BCUT2D eigenvalue weighted by molar-refractivity contribution is 5.89. The van der Waals surface area contributed by atoms with Gasteiger partial charge in [-0.2, -0.15) is 0 Å². The summed E-state index contributed by atoms with van der Waals surface area (Å²) in [5.41, 5.74) is 1.40. The topological polar surface area (TPSA) is 82.1 Å². The number of hydrogen-bond acceptors (Lipinski definition) is 6. The Balaban J connectivity index is 2.04. The van der Waals surface area contributed by atoms with Crippen molar-refractivity contribution in [2.45, 2.75) is 76.8 Å². The average Bonchev–Trinajstić information content (AvgIpc) is 2.60. The number of fused-ring (bicyclic) bond motifs is 6. The van der Waals surface area contributed by atoms with E-state index in [1.165, 1.54) is 12.5 Å². The van der Waals surface area contributed by atoms with E-state index in [4.69, 9.17) is 14.2 Å². The van der Waals surface area contributed by atoms with Crippen molar-refractivity contribution >= 4 is 11.9 Å². The summed E-state index contributed by atoms with van der Waals surface area (Å²) in [5, 5.41) is 11.6. The molecule has 0 aromatic rings. The van der Waals surface area contributed by atoms with Gasteiger partial charge in [-0.05, 0) is 46.0 Å². The lowest BCUT2D eigenvalue weighted by atomic mass is 9.72. The van der Waals surface area contributed by atoms with Crippen LogP contribution in [0.25, 0.3) is 0 Å². The smallest absolute Gasteiger partial charge is 0.334 e. The summed E-state index contributed by atoms with van der Waals surface area (Å²) in [7, 11) is 0. The summed E-state index contributed by atoms with van der Waals surface area (Å²) in [6, 6.07) is 0. The Kier molecular flexibility index (Phi) is 5.82. The molecule has 154 valence electrons. The number of hydrogen-bond donors (Lipinski definition) is 1. The van der Waals surface area contributed by atoms with Crippen LogP contribution in [0.15, 0.2) is 35.5 Å². The van der Waals surface area contributed by atoms with Crippen LogP contribution in [0, 0.1) is 5.92 Å². The molecule has 3 rings (SSSR count). The molecule has 3 aliphatic rings. The van der Waals surface area contributed by atoms with Gasteiger partial charge in [-0.3, -0.25) is 4.79 Å². The van der Waals surface area contributed by atoms with Gasteiger partial charge in [0.15, 0.2) is 5.79 Å². The van der Waals surface area contributed by atoms with Gasteiger partial charge in [0, 0.05) is 24.8 Å². The number of rotatable bonds is 2. The number of carbonyl (C=O) groups is 2. The van der Waals surface area contributed by atoms with Crippen LogP contribution >= 0.6 is 0 Å². The maximum atomic E-state index is 12.4. The summed E-state index contributed by atoms with van der Waals surface area (Å²) >= 11 is 0. The van der Waals surface area contributed by atoms with Crippen molar-refractivity contribution in [1.29, 1.82) is 0 Å². The van der Waals surface area contributed by atoms with Crippen molar-refractivity contribution in [3.05, 3.63) is 35.5 Å². The molecule has 1 N–H and O–H groups in total. The highest BCUT2D eigenvalue weighted by Crippen LogP contribution is 2.50. The molecule has 4 atom stereocenters. The molecular weight excluding hydrogens is 360 g/mol. The largest absolute Gasteiger partial charge is 0.463 e. The van der Waals surface area contributed by atoms with Gasteiger partial charge >= 0.3 is 11.9 Å². The minimum absolute atomic E-state index is 0.0720. The highest BCUT2D eigenvalue weighted by Gasteiger charge is 2.61. The van der Waals surface area contributed by atoms with Gasteiger partial charge in [0.2, 0.25) is 0 Å². The molecule has 0 saturated carbocycles. The third-order valence-electron chi connectivity index (χ3n) is 6.04. The van der Waals surface area contributed by atoms with Crippen LogP contribution in [-0.2, 0) is 23.8 Å². The Bertz CT molecular complexity index is 735. The van der Waals surface area contributed by atoms with E-state index in [0.29, 0.717) is 19.3 Å².